The van der Waals surface area contributed by atoms with Crippen LogP contribution in [0.1, 0.15) is 12.0 Å². The number of benzene rings is 1. The van der Waals surface area contributed by atoms with Gasteiger partial charge < -0.3 is 10.0 Å². The van der Waals surface area contributed by atoms with Crippen LogP contribution in [-0.2, 0) is 4.79 Å². The topological polar surface area (TPSA) is 40.5 Å². The van der Waals surface area contributed by atoms with Gasteiger partial charge in [0.2, 0.25) is 5.91 Å². The van der Waals surface area contributed by atoms with Crippen LogP contribution in [0.2, 0.25) is 0 Å². The van der Waals surface area contributed by atoms with Crippen LogP contribution in [0.25, 0.3) is 0 Å². The van der Waals surface area contributed by atoms with E-state index in [1.807, 2.05) is 6.92 Å². The molecule has 0 aliphatic carbocycles. The molecule has 1 aliphatic rings. The summed E-state index contributed by atoms with van der Waals surface area (Å²) < 4.78 is 13.6. The van der Waals surface area contributed by atoms with Crippen LogP contribution in [0.3, 0.4) is 0 Å². The second kappa shape index (κ2) is 4.22. The van der Waals surface area contributed by atoms with E-state index in [2.05, 4.69) is 0 Å². The molecule has 1 aliphatic heterocycles. The number of anilines is 1. The lowest BCUT2D eigenvalue weighted by molar-refractivity contribution is -0.117. The van der Waals surface area contributed by atoms with Crippen molar-refractivity contribution in [3.63, 3.8) is 0 Å². The van der Waals surface area contributed by atoms with Crippen LogP contribution in [0.15, 0.2) is 18.2 Å². The van der Waals surface area contributed by atoms with E-state index in [4.69, 9.17) is 5.11 Å². The van der Waals surface area contributed by atoms with Crippen LogP contribution < -0.4 is 4.90 Å². The van der Waals surface area contributed by atoms with Crippen LogP contribution >= 0.6 is 0 Å². The summed E-state index contributed by atoms with van der Waals surface area (Å²) in [5.41, 5.74) is 1.23. The lowest BCUT2D eigenvalue weighted by Crippen LogP contribution is -2.26. The van der Waals surface area contributed by atoms with Gasteiger partial charge in [-0.2, -0.15) is 0 Å². The Morgan fingerprint density at radius 2 is 2.31 bits per heavy atom. The lowest BCUT2D eigenvalue weighted by Gasteiger charge is -2.17. The molecular formula is C12H14FNO2. The molecule has 4 heteroatoms. The Hall–Kier alpha value is -1.42. The third-order valence-electron chi connectivity index (χ3n) is 2.86. The van der Waals surface area contributed by atoms with Gasteiger partial charge in [0.25, 0.3) is 0 Å². The van der Waals surface area contributed by atoms with Crippen LogP contribution in [-0.4, -0.2) is 24.2 Å². The highest BCUT2D eigenvalue weighted by Gasteiger charge is 2.31. The molecule has 2 rings (SSSR count). The van der Waals surface area contributed by atoms with Gasteiger partial charge in [-0.15, -0.1) is 0 Å². The summed E-state index contributed by atoms with van der Waals surface area (Å²) in [5, 5.41) is 9.00. The Morgan fingerprint density at radius 3 is 2.94 bits per heavy atom. The van der Waals surface area contributed by atoms with Crippen molar-refractivity contribution < 1.29 is 14.3 Å². The zero-order valence-electron chi connectivity index (χ0n) is 9.11. The molecule has 16 heavy (non-hydrogen) atoms. The number of nitrogens with zero attached hydrogens (tertiary/aromatic N) is 1. The van der Waals surface area contributed by atoms with E-state index in [1.165, 1.54) is 11.0 Å². The summed E-state index contributed by atoms with van der Waals surface area (Å²) in [6, 6.07) is 4.69. The first kappa shape index (κ1) is 11.1. The molecule has 1 N–H and O–H groups in total. The Kier molecular flexibility index (Phi) is 2.92. The largest absolute Gasteiger partial charge is 0.396 e. The molecule has 1 saturated heterocycles. The number of halogens is 1. The van der Waals surface area contributed by atoms with Gasteiger partial charge in [-0.1, -0.05) is 6.07 Å². The van der Waals surface area contributed by atoms with Crippen molar-refractivity contribution in [3.05, 3.63) is 29.6 Å². The Labute approximate surface area is 93.5 Å². The maximum atomic E-state index is 13.6. The maximum Gasteiger partial charge on any atom is 0.227 e. The Morgan fingerprint density at radius 1 is 1.56 bits per heavy atom. The van der Waals surface area contributed by atoms with Gasteiger partial charge in [-0.25, -0.2) is 4.39 Å². The number of aliphatic hydroxyl groups is 1. The quantitative estimate of drug-likeness (QED) is 0.825. The monoisotopic (exact) mass is 223 g/mol. The van der Waals surface area contributed by atoms with Gasteiger partial charge in [-0.3, -0.25) is 4.79 Å². The van der Waals surface area contributed by atoms with Gasteiger partial charge in [0.05, 0.1) is 5.69 Å². The Bertz CT molecular complexity index is 419. The number of amides is 1. The third-order valence-corrected chi connectivity index (χ3v) is 2.86. The maximum absolute atomic E-state index is 13.6. The molecule has 0 radical (unpaired) electrons. The first-order valence-corrected chi connectivity index (χ1v) is 5.29. The van der Waals surface area contributed by atoms with Crippen molar-refractivity contribution in [1.29, 1.82) is 0 Å². The minimum Gasteiger partial charge on any atom is -0.396 e. The van der Waals surface area contributed by atoms with Crippen molar-refractivity contribution >= 4 is 11.6 Å². The summed E-state index contributed by atoms with van der Waals surface area (Å²) >= 11 is 0. The van der Waals surface area contributed by atoms with E-state index in [0.29, 0.717) is 18.7 Å². The third kappa shape index (κ3) is 1.93. The molecule has 86 valence electrons. The predicted octanol–water partition coefficient (Wildman–Crippen LogP) is 1.48. The summed E-state index contributed by atoms with van der Waals surface area (Å²) in [5.74, 6) is -0.589. The molecule has 1 amide bonds. The van der Waals surface area contributed by atoms with E-state index >= 15 is 0 Å². The summed E-state index contributed by atoms with van der Waals surface area (Å²) in [7, 11) is 0. The fraction of sp³-hybridized carbons (Fsp3) is 0.417. The smallest absolute Gasteiger partial charge is 0.227 e. The number of carbonyl (C=O) groups excluding carboxylic acids is 1. The standard InChI is InChI=1S/C12H14FNO2/c1-8-2-3-10(13)11(4-8)14-6-9(7-15)5-12(14)16/h2-4,9,15H,5-7H2,1H3. The van der Waals surface area contributed by atoms with Crippen LogP contribution in [0, 0.1) is 18.7 Å². The van der Waals surface area contributed by atoms with Gasteiger partial charge in [0, 0.05) is 25.5 Å². The molecule has 0 spiro atoms. The summed E-state index contributed by atoms with van der Waals surface area (Å²) in [6.07, 6.45) is 0.296. The average Bonchev–Trinajstić information content (AvgIpc) is 2.63. The highest BCUT2D eigenvalue weighted by Crippen LogP contribution is 2.27. The predicted molar refractivity (Wildman–Crippen MR) is 58.7 cm³/mol. The molecule has 1 fully saturated rings. The van der Waals surface area contributed by atoms with E-state index < -0.39 is 5.82 Å². The van der Waals surface area contributed by atoms with Gasteiger partial charge in [-0.05, 0) is 24.6 Å². The summed E-state index contributed by atoms with van der Waals surface area (Å²) in [4.78, 5) is 13.1. The fourth-order valence-electron chi connectivity index (χ4n) is 1.97. The minimum absolute atomic E-state index is 0.0321. The number of hydrogen-bond donors (Lipinski definition) is 1. The van der Waals surface area contributed by atoms with Crippen molar-refractivity contribution in [3.8, 4) is 0 Å². The second-order valence-electron chi connectivity index (χ2n) is 4.21. The molecule has 1 aromatic rings. The molecule has 1 aromatic carbocycles. The second-order valence-corrected chi connectivity index (χ2v) is 4.21. The number of hydrogen-bond acceptors (Lipinski definition) is 2. The van der Waals surface area contributed by atoms with Crippen LogP contribution in [0.5, 0.6) is 0 Å². The van der Waals surface area contributed by atoms with Crippen LogP contribution in [0.4, 0.5) is 10.1 Å². The molecule has 1 atom stereocenters. The van der Waals surface area contributed by atoms with Gasteiger partial charge >= 0.3 is 0 Å². The molecular weight excluding hydrogens is 209 g/mol. The number of aliphatic hydroxyl groups excluding tert-OH is 1. The molecule has 0 bridgehead atoms. The normalized spacial score (nSPS) is 20.6. The Balaban J connectivity index is 2.30. The van der Waals surface area contributed by atoms with Gasteiger partial charge in [0.15, 0.2) is 0 Å². The number of rotatable bonds is 2. The molecule has 3 nitrogen and oxygen atoms in total. The zero-order valence-corrected chi connectivity index (χ0v) is 9.11. The van der Waals surface area contributed by atoms with Crippen molar-refractivity contribution in [1.82, 2.24) is 0 Å². The summed E-state index contributed by atoms with van der Waals surface area (Å²) in [6.45, 7) is 2.22. The van der Waals surface area contributed by atoms with E-state index in [0.717, 1.165) is 5.56 Å². The van der Waals surface area contributed by atoms with E-state index in [-0.39, 0.29) is 18.4 Å². The average molecular weight is 223 g/mol. The molecule has 1 heterocycles. The highest BCUT2D eigenvalue weighted by molar-refractivity contribution is 5.95. The number of aryl methyl sites for hydroxylation is 1. The minimum atomic E-state index is -0.391. The highest BCUT2D eigenvalue weighted by atomic mass is 19.1. The van der Waals surface area contributed by atoms with Gasteiger partial charge in [0.1, 0.15) is 5.82 Å². The zero-order chi connectivity index (χ0) is 11.7. The SMILES string of the molecule is Cc1ccc(F)c(N2CC(CO)CC2=O)c1. The lowest BCUT2D eigenvalue weighted by atomic mass is 10.1. The molecule has 0 saturated carbocycles. The van der Waals surface area contributed by atoms with Crippen molar-refractivity contribution in [2.45, 2.75) is 13.3 Å². The fourth-order valence-corrected chi connectivity index (χ4v) is 1.97. The van der Waals surface area contributed by atoms with E-state index in [1.54, 1.807) is 12.1 Å². The van der Waals surface area contributed by atoms with E-state index in [9.17, 15) is 9.18 Å². The molecule has 1 unspecified atom stereocenters. The van der Waals surface area contributed by atoms with Crippen molar-refractivity contribution in [2.24, 2.45) is 5.92 Å². The first-order chi connectivity index (χ1) is 7.61. The van der Waals surface area contributed by atoms with Crippen molar-refractivity contribution in [2.75, 3.05) is 18.1 Å². The number of carbonyl (C=O) groups is 1. The molecule has 0 aromatic heterocycles. The first-order valence-electron chi connectivity index (χ1n) is 5.29.